The lowest BCUT2D eigenvalue weighted by atomic mass is 9.66. The van der Waals surface area contributed by atoms with Crippen LogP contribution in [0, 0.1) is 0 Å². The van der Waals surface area contributed by atoms with Gasteiger partial charge in [-0.05, 0) is 31.1 Å². The molecule has 17 heavy (non-hydrogen) atoms. The number of Topliss-reactive ketones (excluding diaryl/α,β-unsaturated/α-hetero) is 1. The van der Waals surface area contributed by atoms with Gasteiger partial charge < -0.3 is 4.74 Å². The van der Waals surface area contributed by atoms with Crippen molar-refractivity contribution in [2.75, 3.05) is 5.75 Å². The van der Waals surface area contributed by atoms with E-state index in [1.807, 2.05) is 12.1 Å². The second-order valence-electron chi connectivity index (χ2n) is 5.17. The Labute approximate surface area is 105 Å². The van der Waals surface area contributed by atoms with E-state index < -0.39 is 4.93 Å². The molecule has 0 amide bonds. The van der Waals surface area contributed by atoms with Crippen molar-refractivity contribution in [2.45, 2.75) is 36.0 Å². The largest absolute Gasteiger partial charge is 0.468 e. The summed E-state index contributed by atoms with van der Waals surface area (Å²) in [5, 5.41) is 0. The SMILES string of the molecule is O=C1CCC[C@@]23CCS[C@@]12Oc1ccccc13. The number of fused-ring (bicyclic) bond motifs is 1. The molecule has 1 saturated heterocycles. The lowest BCUT2D eigenvalue weighted by Crippen LogP contribution is -2.54. The van der Waals surface area contributed by atoms with Gasteiger partial charge in [-0.2, -0.15) is 0 Å². The number of hydrogen-bond donors (Lipinski definition) is 0. The summed E-state index contributed by atoms with van der Waals surface area (Å²) < 4.78 is 6.14. The first-order chi connectivity index (χ1) is 8.29. The van der Waals surface area contributed by atoms with E-state index in [-0.39, 0.29) is 5.41 Å². The van der Waals surface area contributed by atoms with Crippen LogP contribution in [0.15, 0.2) is 24.3 Å². The Morgan fingerprint density at radius 1 is 1.24 bits per heavy atom. The molecule has 0 spiro atoms. The van der Waals surface area contributed by atoms with Crippen molar-refractivity contribution >= 4 is 17.5 Å². The maximum Gasteiger partial charge on any atom is 0.222 e. The number of benzene rings is 1. The van der Waals surface area contributed by atoms with E-state index in [2.05, 4.69) is 12.1 Å². The standard InChI is InChI=1S/C14H14O2S/c15-12-6-3-7-13-8-9-17-14(12,13)16-11-5-2-1-4-10(11)13/h1-2,4-5H,3,6-9H2/t13-,14-/m0/s1. The molecule has 2 aliphatic heterocycles. The van der Waals surface area contributed by atoms with E-state index in [1.54, 1.807) is 11.8 Å². The Morgan fingerprint density at radius 2 is 2.12 bits per heavy atom. The molecule has 2 atom stereocenters. The molecule has 0 unspecified atom stereocenters. The van der Waals surface area contributed by atoms with Gasteiger partial charge in [-0.15, -0.1) is 11.8 Å². The average Bonchev–Trinajstić information content (AvgIpc) is 2.83. The molecule has 1 saturated carbocycles. The minimum atomic E-state index is -0.574. The molecule has 1 aliphatic carbocycles. The van der Waals surface area contributed by atoms with Crippen LogP contribution in [0.4, 0.5) is 0 Å². The minimum absolute atomic E-state index is 0.0242. The highest BCUT2D eigenvalue weighted by atomic mass is 32.2. The van der Waals surface area contributed by atoms with Gasteiger partial charge in [0, 0.05) is 12.0 Å². The van der Waals surface area contributed by atoms with Crippen molar-refractivity contribution in [1.29, 1.82) is 0 Å². The van der Waals surface area contributed by atoms with Gasteiger partial charge in [0.25, 0.3) is 0 Å². The Bertz CT molecular complexity index is 513. The quantitative estimate of drug-likeness (QED) is 0.704. The zero-order chi connectivity index (χ0) is 11.5. The molecule has 0 bridgehead atoms. The van der Waals surface area contributed by atoms with E-state index in [4.69, 9.17) is 4.74 Å². The van der Waals surface area contributed by atoms with Gasteiger partial charge in [0.15, 0.2) is 5.78 Å². The van der Waals surface area contributed by atoms with Crippen LogP contribution in [0.5, 0.6) is 5.75 Å². The molecule has 4 rings (SSSR count). The van der Waals surface area contributed by atoms with Crippen molar-refractivity contribution in [2.24, 2.45) is 0 Å². The van der Waals surface area contributed by atoms with Gasteiger partial charge in [0.2, 0.25) is 4.93 Å². The van der Waals surface area contributed by atoms with Crippen molar-refractivity contribution in [3.05, 3.63) is 29.8 Å². The zero-order valence-electron chi connectivity index (χ0n) is 9.57. The fourth-order valence-electron chi connectivity index (χ4n) is 3.76. The third kappa shape index (κ3) is 0.982. The van der Waals surface area contributed by atoms with Crippen molar-refractivity contribution < 1.29 is 9.53 Å². The summed E-state index contributed by atoms with van der Waals surface area (Å²) in [6.45, 7) is 0. The zero-order valence-corrected chi connectivity index (χ0v) is 10.4. The number of hydrogen-bond acceptors (Lipinski definition) is 3. The highest BCUT2D eigenvalue weighted by Crippen LogP contribution is 2.65. The van der Waals surface area contributed by atoms with E-state index in [0.29, 0.717) is 12.2 Å². The number of thioether (sulfide) groups is 1. The Balaban J connectivity index is 1.99. The van der Waals surface area contributed by atoms with E-state index in [0.717, 1.165) is 30.8 Å². The molecule has 3 heteroatoms. The summed E-state index contributed by atoms with van der Waals surface area (Å²) >= 11 is 1.73. The highest BCUT2D eigenvalue weighted by molar-refractivity contribution is 8.01. The fraction of sp³-hybridized carbons (Fsp3) is 0.500. The third-order valence-corrected chi connectivity index (χ3v) is 6.01. The summed E-state index contributed by atoms with van der Waals surface area (Å²) in [5.74, 6) is 2.29. The number of para-hydroxylation sites is 1. The van der Waals surface area contributed by atoms with Gasteiger partial charge in [0.05, 0.1) is 5.41 Å². The van der Waals surface area contributed by atoms with Crippen molar-refractivity contribution in [3.8, 4) is 5.75 Å². The van der Waals surface area contributed by atoms with Gasteiger partial charge in [-0.25, -0.2) is 0 Å². The van der Waals surface area contributed by atoms with Crippen LogP contribution in [-0.2, 0) is 10.2 Å². The van der Waals surface area contributed by atoms with Crippen LogP contribution < -0.4 is 4.74 Å². The lowest BCUT2D eigenvalue weighted by molar-refractivity contribution is -0.132. The number of ketones is 1. The molecule has 0 N–H and O–H groups in total. The van der Waals surface area contributed by atoms with Crippen molar-refractivity contribution in [3.63, 3.8) is 0 Å². The maximum atomic E-state index is 12.4. The number of carbonyl (C=O) groups excluding carboxylic acids is 1. The molecule has 2 nitrogen and oxygen atoms in total. The lowest BCUT2D eigenvalue weighted by Gasteiger charge is -2.40. The summed E-state index contributed by atoms with van der Waals surface area (Å²) in [5.41, 5.74) is 1.25. The molecule has 1 aromatic carbocycles. The summed E-state index contributed by atoms with van der Waals surface area (Å²) in [7, 11) is 0. The summed E-state index contributed by atoms with van der Waals surface area (Å²) in [6, 6.07) is 8.22. The molecule has 2 fully saturated rings. The van der Waals surface area contributed by atoms with E-state index in [1.165, 1.54) is 5.56 Å². The molecule has 0 aromatic heterocycles. The van der Waals surface area contributed by atoms with Crippen LogP contribution in [0.25, 0.3) is 0 Å². The first-order valence-corrected chi connectivity index (χ1v) is 7.23. The fourth-order valence-corrected chi connectivity index (χ4v) is 5.50. The Hall–Kier alpha value is -0.960. The topological polar surface area (TPSA) is 26.3 Å². The predicted molar refractivity (Wildman–Crippen MR) is 67.4 cm³/mol. The molecular weight excluding hydrogens is 232 g/mol. The van der Waals surface area contributed by atoms with E-state index in [9.17, 15) is 4.79 Å². The van der Waals surface area contributed by atoms with Crippen LogP contribution in [0.1, 0.15) is 31.2 Å². The summed E-state index contributed by atoms with van der Waals surface area (Å²) in [4.78, 5) is 11.8. The highest BCUT2D eigenvalue weighted by Gasteiger charge is 2.68. The molecule has 2 heterocycles. The number of ether oxygens (including phenoxy) is 1. The van der Waals surface area contributed by atoms with Crippen LogP contribution in [0.3, 0.4) is 0 Å². The second-order valence-corrected chi connectivity index (χ2v) is 6.44. The smallest absolute Gasteiger partial charge is 0.222 e. The van der Waals surface area contributed by atoms with Gasteiger partial charge in [-0.1, -0.05) is 18.2 Å². The molecule has 88 valence electrons. The average molecular weight is 246 g/mol. The minimum Gasteiger partial charge on any atom is -0.468 e. The van der Waals surface area contributed by atoms with Gasteiger partial charge >= 0.3 is 0 Å². The van der Waals surface area contributed by atoms with Crippen LogP contribution in [0.2, 0.25) is 0 Å². The number of rotatable bonds is 0. The third-order valence-electron chi connectivity index (χ3n) is 4.49. The Morgan fingerprint density at radius 3 is 3.06 bits per heavy atom. The first kappa shape index (κ1) is 10.0. The normalized spacial score (nSPS) is 38.2. The molecule has 1 aromatic rings. The number of carbonyl (C=O) groups is 1. The predicted octanol–water partition coefficient (Wildman–Crippen LogP) is 2.90. The molecule has 0 radical (unpaired) electrons. The van der Waals surface area contributed by atoms with E-state index >= 15 is 0 Å². The monoisotopic (exact) mass is 246 g/mol. The van der Waals surface area contributed by atoms with Gasteiger partial charge in [-0.3, -0.25) is 4.79 Å². The van der Waals surface area contributed by atoms with Crippen molar-refractivity contribution in [1.82, 2.24) is 0 Å². The molecular formula is C14H14O2S. The summed E-state index contributed by atoms with van der Waals surface area (Å²) in [6.07, 6.45) is 3.88. The van der Waals surface area contributed by atoms with Gasteiger partial charge in [0.1, 0.15) is 5.75 Å². The van der Waals surface area contributed by atoms with Crippen LogP contribution >= 0.6 is 11.8 Å². The van der Waals surface area contributed by atoms with Crippen LogP contribution in [-0.4, -0.2) is 16.5 Å². The maximum absolute atomic E-state index is 12.4. The second kappa shape index (κ2) is 3.08. The molecule has 3 aliphatic rings. The first-order valence-electron chi connectivity index (χ1n) is 6.24. The Kier molecular flexibility index (Phi) is 1.81.